The Kier molecular flexibility index (Phi) is 13.5. The van der Waals surface area contributed by atoms with Gasteiger partial charge in [0.25, 0.3) is 0 Å². The SMILES string of the molecule is CCCCCCCCCCC(CCCCCCCC)CN1C(=O)Cc2ccc(Br)cc21. The van der Waals surface area contributed by atoms with Gasteiger partial charge in [0.2, 0.25) is 5.91 Å². The van der Waals surface area contributed by atoms with Gasteiger partial charge in [-0.1, -0.05) is 126 Å². The number of unbranched alkanes of at least 4 members (excludes halogenated alkanes) is 12. The fourth-order valence-corrected chi connectivity index (χ4v) is 5.24. The summed E-state index contributed by atoms with van der Waals surface area (Å²) in [7, 11) is 0. The molecule has 1 unspecified atom stereocenters. The van der Waals surface area contributed by atoms with Gasteiger partial charge in [0.05, 0.1) is 6.42 Å². The highest BCUT2D eigenvalue weighted by Gasteiger charge is 2.29. The maximum Gasteiger partial charge on any atom is 0.231 e. The lowest BCUT2D eigenvalue weighted by atomic mass is 9.93. The zero-order chi connectivity index (χ0) is 22.3. The van der Waals surface area contributed by atoms with Crippen molar-refractivity contribution in [3.8, 4) is 0 Å². The molecule has 0 aromatic heterocycles. The summed E-state index contributed by atoms with van der Waals surface area (Å²) < 4.78 is 1.07. The Balaban J connectivity index is 1.81. The molecule has 1 heterocycles. The van der Waals surface area contributed by atoms with Crippen LogP contribution < -0.4 is 4.90 Å². The fraction of sp³-hybridized carbons (Fsp3) is 0.750. The first-order chi connectivity index (χ1) is 15.2. The minimum Gasteiger partial charge on any atom is -0.312 e. The van der Waals surface area contributed by atoms with Crippen LogP contribution in [0.2, 0.25) is 0 Å². The molecule has 0 radical (unpaired) electrons. The minimum absolute atomic E-state index is 0.289. The first-order valence-electron chi connectivity index (χ1n) is 13.2. The first-order valence-corrected chi connectivity index (χ1v) is 14.0. The molecular weight excluding hydrogens is 446 g/mol. The van der Waals surface area contributed by atoms with Crippen molar-refractivity contribution in [1.29, 1.82) is 0 Å². The molecule has 2 rings (SSSR count). The second-order valence-corrected chi connectivity index (χ2v) is 10.6. The molecule has 0 fully saturated rings. The summed E-state index contributed by atoms with van der Waals surface area (Å²) in [6.45, 7) is 5.48. The smallest absolute Gasteiger partial charge is 0.231 e. The highest BCUT2D eigenvalue weighted by molar-refractivity contribution is 9.10. The van der Waals surface area contributed by atoms with Gasteiger partial charge in [0.1, 0.15) is 0 Å². The molecule has 0 saturated heterocycles. The van der Waals surface area contributed by atoms with Crippen LogP contribution in [0.1, 0.15) is 122 Å². The van der Waals surface area contributed by atoms with Gasteiger partial charge in [-0.15, -0.1) is 0 Å². The van der Waals surface area contributed by atoms with Gasteiger partial charge in [-0.3, -0.25) is 4.79 Å². The fourth-order valence-electron chi connectivity index (χ4n) is 4.90. The molecule has 1 atom stereocenters. The number of carbonyl (C=O) groups excluding carboxylic acids is 1. The predicted molar refractivity (Wildman–Crippen MR) is 139 cm³/mol. The van der Waals surface area contributed by atoms with E-state index in [1.807, 2.05) is 0 Å². The van der Waals surface area contributed by atoms with E-state index in [-0.39, 0.29) is 5.91 Å². The summed E-state index contributed by atoms with van der Waals surface area (Å²) in [5, 5.41) is 0. The Morgan fingerprint density at radius 2 is 1.32 bits per heavy atom. The highest BCUT2D eigenvalue weighted by Crippen LogP contribution is 2.33. The third-order valence-corrected chi connectivity index (χ3v) is 7.35. The van der Waals surface area contributed by atoms with Gasteiger partial charge in [0, 0.05) is 16.7 Å². The Labute approximate surface area is 200 Å². The number of rotatable bonds is 18. The number of carbonyl (C=O) groups is 1. The van der Waals surface area contributed by atoms with Crippen LogP contribution in [0.15, 0.2) is 22.7 Å². The monoisotopic (exact) mass is 491 g/mol. The summed E-state index contributed by atoms with van der Waals surface area (Å²) in [5.74, 6) is 0.928. The maximum absolute atomic E-state index is 12.7. The van der Waals surface area contributed by atoms with Crippen LogP contribution >= 0.6 is 15.9 Å². The standard InChI is InChI=1S/C28H46BrNO/c1-3-5-7-9-11-12-14-16-18-24(17-15-13-10-8-6-4-2)23-30-27-22-26(29)20-19-25(27)21-28(30)31/h19-20,22,24H,3-18,21,23H2,1-2H3. The average molecular weight is 493 g/mol. The van der Waals surface area contributed by atoms with Crippen molar-refractivity contribution in [2.45, 2.75) is 123 Å². The van der Waals surface area contributed by atoms with Crippen molar-refractivity contribution in [3.05, 3.63) is 28.2 Å². The van der Waals surface area contributed by atoms with E-state index in [2.05, 4.69) is 52.9 Å². The van der Waals surface area contributed by atoms with Gasteiger partial charge in [-0.05, 0) is 36.5 Å². The molecule has 176 valence electrons. The minimum atomic E-state index is 0.289. The van der Waals surface area contributed by atoms with Crippen LogP contribution in [0.25, 0.3) is 0 Å². The highest BCUT2D eigenvalue weighted by atomic mass is 79.9. The van der Waals surface area contributed by atoms with Crippen molar-refractivity contribution in [2.75, 3.05) is 11.4 Å². The normalized spacial score (nSPS) is 14.3. The van der Waals surface area contributed by atoms with E-state index in [1.54, 1.807) is 0 Å². The second-order valence-electron chi connectivity index (χ2n) is 9.64. The summed E-state index contributed by atoms with van der Waals surface area (Å²) in [4.78, 5) is 14.8. The van der Waals surface area contributed by atoms with E-state index in [1.165, 1.54) is 108 Å². The number of hydrogen-bond acceptors (Lipinski definition) is 1. The molecule has 1 aliphatic heterocycles. The molecule has 31 heavy (non-hydrogen) atoms. The van der Waals surface area contributed by atoms with Crippen molar-refractivity contribution in [3.63, 3.8) is 0 Å². The largest absolute Gasteiger partial charge is 0.312 e. The summed E-state index contributed by atoms with van der Waals surface area (Å²) in [6, 6.07) is 6.31. The summed E-state index contributed by atoms with van der Waals surface area (Å²) >= 11 is 3.59. The third kappa shape index (κ3) is 10.1. The van der Waals surface area contributed by atoms with Crippen molar-refractivity contribution >= 4 is 27.5 Å². The zero-order valence-corrected chi connectivity index (χ0v) is 21.9. The number of amides is 1. The van der Waals surface area contributed by atoms with Crippen LogP contribution in [0.5, 0.6) is 0 Å². The van der Waals surface area contributed by atoms with E-state index in [4.69, 9.17) is 0 Å². The molecule has 0 aliphatic carbocycles. The lowest BCUT2D eigenvalue weighted by Crippen LogP contribution is -2.32. The molecule has 0 saturated carbocycles. The summed E-state index contributed by atoms with van der Waals surface area (Å²) in [6.07, 6.45) is 22.2. The Hall–Kier alpha value is -0.830. The topological polar surface area (TPSA) is 20.3 Å². The number of hydrogen-bond donors (Lipinski definition) is 0. The van der Waals surface area contributed by atoms with E-state index in [9.17, 15) is 4.79 Å². The van der Waals surface area contributed by atoms with E-state index >= 15 is 0 Å². The molecule has 0 bridgehead atoms. The van der Waals surface area contributed by atoms with Gasteiger partial charge >= 0.3 is 0 Å². The molecule has 1 amide bonds. The number of halogens is 1. The van der Waals surface area contributed by atoms with Crippen LogP contribution in [0.4, 0.5) is 5.69 Å². The van der Waals surface area contributed by atoms with Crippen LogP contribution in [0, 0.1) is 5.92 Å². The number of fused-ring (bicyclic) bond motifs is 1. The number of anilines is 1. The Morgan fingerprint density at radius 3 is 1.87 bits per heavy atom. The Morgan fingerprint density at radius 1 is 0.806 bits per heavy atom. The van der Waals surface area contributed by atoms with Gasteiger partial charge in [-0.2, -0.15) is 0 Å². The second kappa shape index (κ2) is 15.9. The lowest BCUT2D eigenvalue weighted by Gasteiger charge is -2.25. The van der Waals surface area contributed by atoms with Crippen molar-refractivity contribution in [2.24, 2.45) is 5.92 Å². The van der Waals surface area contributed by atoms with Crippen LogP contribution in [-0.2, 0) is 11.2 Å². The molecule has 3 heteroatoms. The quantitative estimate of drug-likeness (QED) is 0.187. The molecular formula is C28H46BrNO. The first kappa shape index (κ1) is 26.4. The van der Waals surface area contributed by atoms with Gasteiger partial charge in [-0.25, -0.2) is 0 Å². The zero-order valence-electron chi connectivity index (χ0n) is 20.3. The third-order valence-electron chi connectivity index (χ3n) is 6.85. The van der Waals surface area contributed by atoms with Gasteiger partial charge in [0.15, 0.2) is 0 Å². The van der Waals surface area contributed by atoms with Crippen molar-refractivity contribution in [1.82, 2.24) is 0 Å². The van der Waals surface area contributed by atoms with E-state index < -0.39 is 0 Å². The molecule has 1 aromatic rings. The predicted octanol–water partition coefficient (Wildman–Crippen LogP) is 9.24. The number of benzene rings is 1. The molecule has 1 aromatic carbocycles. The molecule has 1 aliphatic rings. The maximum atomic E-state index is 12.7. The average Bonchev–Trinajstić information content (AvgIpc) is 3.06. The Bertz CT molecular complexity index is 629. The van der Waals surface area contributed by atoms with Crippen LogP contribution in [0.3, 0.4) is 0 Å². The molecule has 2 nitrogen and oxygen atoms in total. The number of nitrogens with zero attached hydrogens (tertiary/aromatic N) is 1. The lowest BCUT2D eigenvalue weighted by molar-refractivity contribution is -0.117. The van der Waals surface area contributed by atoms with E-state index in [0.29, 0.717) is 12.3 Å². The summed E-state index contributed by atoms with van der Waals surface area (Å²) in [5.41, 5.74) is 2.34. The van der Waals surface area contributed by atoms with Crippen molar-refractivity contribution < 1.29 is 4.79 Å². The van der Waals surface area contributed by atoms with Crippen LogP contribution in [-0.4, -0.2) is 12.5 Å². The molecule has 0 spiro atoms. The van der Waals surface area contributed by atoms with E-state index in [0.717, 1.165) is 16.7 Å². The van der Waals surface area contributed by atoms with Gasteiger partial charge < -0.3 is 4.90 Å². The molecule has 0 N–H and O–H groups in total.